The van der Waals surface area contributed by atoms with Crippen molar-refractivity contribution < 1.29 is 13.2 Å². The van der Waals surface area contributed by atoms with Gasteiger partial charge in [-0.2, -0.15) is 0 Å². The van der Waals surface area contributed by atoms with Gasteiger partial charge in [0, 0.05) is 31.4 Å². The molecule has 6 nitrogen and oxygen atoms in total. The van der Waals surface area contributed by atoms with Crippen LogP contribution in [-0.2, 0) is 9.84 Å². The van der Waals surface area contributed by atoms with E-state index in [9.17, 15) is 13.2 Å². The molecule has 2 heterocycles. The summed E-state index contributed by atoms with van der Waals surface area (Å²) in [6.45, 7) is 3.59. The van der Waals surface area contributed by atoms with Crippen LogP contribution in [0, 0.1) is 6.92 Å². The molecule has 3 rings (SSSR count). The first-order chi connectivity index (χ1) is 11.4. The van der Waals surface area contributed by atoms with Gasteiger partial charge in [0.25, 0.3) is 0 Å². The van der Waals surface area contributed by atoms with Crippen molar-refractivity contribution in [2.75, 3.05) is 37.8 Å². The minimum absolute atomic E-state index is 0.0139. The van der Waals surface area contributed by atoms with E-state index in [1.807, 2.05) is 38.2 Å². The molecular formula is C17H25N3O3S. The summed E-state index contributed by atoms with van der Waals surface area (Å²) in [5.41, 5.74) is 1.81. The fourth-order valence-electron chi connectivity index (χ4n) is 3.68. The second-order valence-corrected chi connectivity index (χ2v) is 9.10. The van der Waals surface area contributed by atoms with Gasteiger partial charge in [0.1, 0.15) is 0 Å². The van der Waals surface area contributed by atoms with Crippen molar-refractivity contribution in [1.29, 1.82) is 0 Å². The highest BCUT2D eigenvalue weighted by Crippen LogP contribution is 2.27. The Morgan fingerprint density at radius 2 is 1.88 bits per heavy atom. The lowest BCUT2D eigenvalue weighted by Crippen LogP contribution is -2.52. The van der Waals surface area contributed by atoms with E-state index in [1.165, 1.54) is 0 Å². The number of hydrogen-bond acceptors (Lipinski definition) is 4. The molecule has 2 fully saturated rings. The summed E-state index contributed by atoms with van der Waals surface area (Å²) in [5.74, 6) is 0.222. The molecule has 24 heavy (non-hydrogen) atoms. The van der Waals surface area contributed by atoms with Gasteiger partial charge in [-0.15, -0.1) is 0 Å². The molecule has 2 aliphatic rings. The first-order valence-electron chi connectivity index (χ1n) is 8.42. The van der Waals surface area contributed by atoms with Crippen LogP contribution in [0.5, 0.6) is 0 Å². The smallest absolute Gasteiger partial charge is 0.321 e. The summed E-state index contributed by atoms with van der Waals surface area (Å²) in [6, 6.07) is 7.52. The van der Waals surface area contributed by atoms with E-state index in [0.717, 1.165) is 11.3 Å². The summed E-state index contributed by atoms with van der Waals surface area (Å²) in [4.78, 5) is 16.5. The third-order valence-corrected chi connectivity index (χ3v) is 7.46. The van der Waals surface area contributed by atoms with Crippen molar-refractivity contribution in [3.63, 3.8) is 0 Å². The van der Waals surface area contributed by atoms with E-state index in [2.05, 4.69) is 10.2 Å². The Balaban J connectivity index is 1.71. The van der Waals surface area contributed by atoms with E-state index in [-0.39, 0.29) is 23.1 Å². The topological polar surface area (TPSA) is 69.7 Å². The highest BCUT2D eigenvalue weighted by Gasteiger charge is 2.41. The zero-order chi connectivity index (χ0) is 17.3. The normalized spacial score (nSPS) is 27.2. The maximum atomic E-state index is 12.6. The molecule has 0 aliphatic carbocycles. The van der Waals surface area contributed by atoms with Crippen LogP contribution < -0.4 is 5.32 Å². The Bertz CT molecular complexity index is 720. The maximum Gasteiger partial charge on any atom is 0.321 e. The van der Waals surface area contributed by atoms with Crippen molar-refractivity contribution >= 4 is 21.6 Å². The zero-order valence-corrected chi connectivity index (χ0v) is 15.1. The number of likely N-dealkylation sites (tertiary alicyclic amines) is 1. The van der Waals surface area contributed by atoms with E-state index in [0.29, 0.717) is 32.5 Å². The van der Waals surface area contributed by atoms with E-state index < -0.39 is 9.84 Å². The first kappa shape index (κ1) is 17.2. The number of nitrogens with zero attached hydrogens (tertiary/aromatic N) is 2. The van der Waals surface area contributed by atoms with Crippen LogP contribution in [0.1, 0.15) is 18.4 Å². The number of benzene rings is 1. The number of anilines is 1. The summed E-state index contributed by atoms with van der Waals surface area (Å²) < 4.78 is 24.8. The average molecular weight is 351 g/mol. The standard InChI is InChI=1S/C17H25N3O3S/c1-13-5-3-4-6-14(13)18-17(21)20-9-7-15-16(8-10-20)24(22,23)12-11-19(15)2/h3-6,15-16H,7-12H2,1-2H3,(H,18,21)/t15-,16+/m0/s1. The van der Waals surface area contributed by atoms with Crippen LogP contribution in [0.25, 0.3) is 0 Å². The number of aryl methyl sites for hydroxylation is 1. The van der Waals surface area contributed by atoms with Crippen molar-refractivity contribution in [2.24, 2.45) is 0 Å². The molecule has 0 bridgehead atoms. The Hall–Kier alpha value is -1.60. The van der Waals surface area contributed by atoms with Gasteiger partial charge in [-0.1, -0.05) is 18.2 Å². The molecule has 7 heteroatoms. The molecule has 0 saturated carbocycles. The maximum absolute atomic E-state index is 12.6. The average Bonchev–Trinajstić information content (AvgIpc) is 2.78. The Morgan fingerprint density at radius 1 is 1.17 bits per heavy atom. The van der Waals surface area contributed by atoms with Crippen LogP contribution in [0.2, 0.25) is 0 Å². The molecule has 0 spiro atoms. The Labute approximate surface area is 143 Å². The van der Waals surface area contributed by atoms with Crippen molar-refractivity contribution in [1.82, 2.24) is 9.80 Å². The van der Waals surface area contributed by atoms with Crippen LogP contribution in [-0.4, -0.2) is 68.0 Å². The second kappa shape index (κ2) is 6.72. The minimum Gasteiger partial charge on any atom is -0.324 e. The fourth-order valence-corrected chi connectivity index (χ4v) is 5.82. The molecule has 1 N–H and O–H groups in total. The molecule has 1 aromatic carbocycles. The van der Waals surface area contributed by atoms with Crippen LogP contribution >= 0.6 is 0 Å². The van der Waals surface area contributed by atoms with Crippen LogP contribution in [0.15, 0.2) is 24.3 Å². The van der Waals surface area contributed by atoms with Gasteiger partial charge < -0.3 is 15.1 Å². The van der Waals surface area contributed by atoms with Gasteiger partial charge in [0.2, 0.25) is 0 Å². The highest BCUT2D eigenvalue weighted by molar-refractivity contribution is 7.92. The molecule has 1 aromatic rings. The first-order valence-corrected chi connectivity index (χ1v) is 10.1. The summed E-state index contributed by atoms with van der Waals surface area (Å²) >= 11 is 0. The number of carbonyl (C=O) groups is 1. The molecule has 2 amide bonds. The van der Waals surface area contributed by atoms with E-state index >= 15 is 0 Å². The number of hydrogen-bond donors (Lipinski definition) is 1. The zero-order valence-electron chi connectivity index (χ0n) is 14.2. The number of nitrogens with one attached hydrogen (secondary N) is 1. The number of amides is 2. The number of rotatable bonds is 1. The third kappa shape index (κ3) is 3.42. The van der Waals surface area contributed by atoms with Gasteiger partial charge in [-0.3, -0.25) is 0 Å². The fraction of sp³-hybridized carbons (Fsp3) is 0.588. The monoisotopic (exact) mass is 351 g/mol. The number of fused-ring (bicyclic) bond motifs is 1. The van der Waals surface area contributed by atoms with Gasteiger partial charge in [0.05, 0.1) is 11.0 Å². The second-order valence-electron chi connectivity index (χ2n) is 6.76. The molecule has 0 aromatic heterocycles. The molecular weight excluding hydrogens is 326 g/mol. The summed E-state index contributed by atoms with van der Waals surface area (Å²) in [7, 11) is -1.07. The SMILES string of the molecule is Cc1ccccc1NC(=O)N1CC[C@@H]2[C@H](CC1)N(C)CCS2(=O)=O. The highest BCUT2D eigenvalue weighted by atomic mass is 32.2. The summed E-state index contributed by atoms with van der Waals surface area (Å²) in [5, 5.41) is 2.59. The number of sulfone groups is 1. The third-order valence-electron chi connectivity index (χ3n) is 5.24. The quantitative estimate of drug-likeness (QED) is 0.836. The molecule has 2 aliphatic heterocycles. The largest absolute Gasteiger partial charge is 0.324 e. The molecule has 2 atom stereocenters. The van der Waals surface area contributed by atoms with E-state index in [1.54, 1.807) is 4.90 Å². The summed E-state index contributed by atoms with van der Waals surface area (Å²) in [6.07, 6.45) is 1.21. The van der Waals surface area contributed by atoms with Crippen LogP contribution in [0.3, 0.4) is 0 Å². The van der Waals surface area contributed by atoms with Crippen molar-refractivity contribution in [2.45, 2.75) is 31.1 Å². The van der Waals surface area contributed by atoms with Gasteiger partial charge in [-0.05, 0) is 38.4 Å². The van der Waals surface area contributed by atoms with Crippen molar-refractivity contribution in [3.8, 4) is 0 Å². The lowest BCUT2D eigenvalue weighted by Gasteiger charge is -2.37. The lowest BCUT2D eigenvalue weighted by atomic mass is 10.1. The molecule has 2 saturated heterocycles. The predicted octanol–water partition coefficient (Wildman–Crippen LogP) is 1.72. The van der Waals surface area contributed by atoms with Crippen LogP contribution in [0.4, 0.5) is 10.5 Å². The molecule has 132 valence electrons. The van der Waals surface area contributed by atoms with Gasteiger partial charge in [-0.25, -0.2) is 13.2 Å². The lowest BCUT2D eigenvalue weighted by molar-refractivity contribution is 0.205. The predicted molar refractivity (Wildman–Crippen MR) is 95.0 cm³/mol. The molecule has 0 unspecified atom stereocenters. The number of carbonyl (C=O) groups excluding carboxylic acids is 1. The number of urea groups is 1. The van der Waals surface area contributed by atoms with E-state index in [4.69, 9.17) is 0 Å². The minimum atomic E-state index is -3.05. The molecule has 0 radical (unpaired) electrons. The van der Waals surface area contributed by atoms with Crippen molar-refractivity contribution in [3.05, 3.63) is 29.8 Å². The van der Waals surface area contributed by atoms with Gasteiger partial charge in [0.15, 0.2) is 9.84 Å². The number of para-hydroxylation sites is 1. The Kier molecular flexibility index (Phi) is 4.83. The van der Waals surface area contributed by atoms with Gasteiger partial charge >= 0.3 is 6.03 Å². The Morgan fingerprint density at radius 3 is 2.62 bits per heavy atom.